The maximum absolute atomic E-state index is 9.58. The van der Waals surface area contributed by atoms with Crippen molar-refractivity contribution < 1.29 is 14.6 Å². The lowest BCUT2D eigenvalue weighted by Crippen LogP contribution is -2.50. The summed E-state index contributed by atoms with van der Waals surface area (Å²) in [5.41, 5.74) is -0.147. The molecule has 1 fully saturated rings. The third-order valence-electron chi connectivity index (χ3n) is 3.29. The zero-order valence-electron chi connectivity index (χ0n) is 11.5. The van der Waals surface area contributed by atoms with Crippen LogP contribution in [0, 0.1) is 0 Å². The van der Waals surface area contributed by atoms with Gasteiger partial charge in [-0.3, -0.25) is 0 Å². The van der Waals surface area contributed by atoms with Crippen molar-refractivity contribution in [2.75, 3.05) is 20.3 Å². The number of hydrogen-bond donors (Lipinski definition) is 2. The standard InChI is InChI=1S/C13H27NO3/c1-10(2)14-13(9-15)6-5-12(7-13)17-11(3)8-16-4/h10-12,14-15H,5-9H2,1-4H3. The van der Waals surface area contributed by atoms with Crippen molar-refractivity contribution in [3.8, 4) is 0 Å². The van der Waals surface area contributed by atoms with Gasteiger partial charge in [0, 0.05) is 18.7 Å². The minimum Gasteiger partial charge on any atom is -0.394 e. The first-order valence-corrected chi connectivity index (χ1v) is 6.54. The Morgan fingerprint density at radius 1 is 1.41 bits per heavy atom. The molecule has 0 bridgehead atoms. The normalized spacial score (nSPS) is 31.1. The molecular formula is C13H27NO3. The fraction of sp³-hybridized carbons (Fsp3) is 1.00. The second kappa shape index (κ2) is 6.69. The van der Waals surface area contributed by atoms with E-state index in [2.05, 4.69) is 19.2 Å². The summed E-state index contributed by atoms with van der Waals surface area (Å²) in [6, 6.07) is 0.386. The molecule has 1 rings (SSSR count). The first-order valence-electron chi connectivity index (χ1n) is 6.54. The molecular weight excluding hydrogens is 218 g/mol. The summed E-state index contributed by atoms with van der Waals surface area (Å²) in [7, 11) is 1.69. The monoisotopic (exact) mass is 245 g/mol. The molecule has 0 aliphatic heterocycles. The molecule has 4 heteroatoms. The van der Waals surface area contributed by atoms with Gasteiger partial charge in [-0.05, 0) is 26.2 Å². The van der Waals surface area contributed by atoms with Crippen LogP contribution in [-0.2, 0) is 9.47 Å². The molecule has 4 nitrogen and oxygen atoms in total. The number of aliphatic hydroxyl groups excluding tert-OH is 1. The Morgan fingerprint density at radius 3 is 2.65 bits per heavy atom. The van der Waals surface area contributed by atoms with Crippen LogP contribution in [0.15, 0.2) is 0 Å². The molecule has 0 heterocycles. The van der Waals surface area contributed by atoms with Gasteiger partial charge in [0.15, 0.2) is 0 Å². The van der Waals surface area contributed by atoms with Crippen LogP contribution in [0.4, 0.5) is 0 Å². The molecule has 0 aromatic carbocycles. The van der Waals surface area contributed by atoms with E-state index in [0.717, 1.165) is 19.3 Å². The van der Waals surface area contributed by atoms with E-state index in [1.54, 1.807) is 7.11 Å². The Balaban J connectivity index is 2.43. The van der Waals surface area contributed by atoms with E-state index in [1.807, 2.05) is 6.92 Å². The number of rotatable bonds is 7. The Labute approximate surface area is 105 Å². The third kappa shape index (κ3) is 4.54. The molecule has 0 saturated heterocycles. The highest BCUT2D eigenvalue weighted by Gasteiger charge is 2.39. The first kappa shape index (κ1) is 14.9. The summed E-state index contributed by atoms with van der Waals surface area (Å²) >= 11 is 0. The second-order valence-corrected chi connectivity index (χ2v) is 5.50. The third-order valence-corrected chi connectivity index (χ3v) is 3.29. The quantitative estimate of drug-likeness (QED) is 0.710. The van der Waals surface area contributed by atoms with E-state index in [4.69, 9.17) is 9.47 Å². The average Bonchev–Trinajstić information content (AvgIpc) is 2.61. The number of aliphatic hydroxyl groups is 1. The van der Waals surface area contributed by atoms with Crippen molar-refractivity contribution in [3.63, 3.8) is 0 Å². The minimum atomic E-state index is -0.147. The van der Waals surface area contributed by atoms with Crippen LogP contribution >= 0.6 is 0 Å². The molecule has 17 heavy (non-hydrogen) atoms. The predicted octanol–water partition coefficient (Wildman–Crippen LogP) is 1.32. The summed E-state index contributed by atoms with van der Waals surface area (Å²) in [6.07, 6.45) is 3.23. The summed E-state index contributed by atoms with van der Waals surface area (Å²) in [5.74, 6) is 0. The van der Waals surface area contributed by atoms with Gasteiger partial charge in [0.1, 0.15) is 0 Å². The highest BCUT2D eigenvalue weighted by atomic mass is 16.5. The van der Waals surface area contributed by atoms with Crippen molar-refractivity contribution in [2.45, 2.75) is 63.8 Å². The molecule has 3 unspecified atom stereocenters. The van der Waals surface area contributed by atoms with Crippen molar-refractivity contribution >= 4 is 0 Å². The van der Waals surface area contributed by atoms with E-state index in [-0.39, 0.29) is 24.4 Å². The van der Waals surface area contributed by atoms with Gasteiger partial charge >= 0.3 is 0 Å². The van der Waals surface area contributed by atoms with E-state index in [0.29, 0.717) is 12.6 Å². The van der Waals surface area contributed by atoms with E-state index < -0.39 is 0 Å². The summed E-state index contributed by atoms with van der Waals surface area (Å²) in [5, 5.41) is 13.1. The zero-order chi connectivity index (χ0) is 12.9. The van der Waals surface area contributed by atoms with Crippen molar-refractivity contribution in [1.82, 2.24) is 5.32 Å². The van der Waals surface area contributed by atoms with E-state index in [9.17, 15) is 5.11 Å². The first-order chi connectivity index (χ1) is 8.01. The topological polar surface area (TPSA) is 50.7 Å². The molecule has 0 radical (unpaired) electrons. The lowest BCUT2D eigenvalue weighted by atomic mass is 9.97. The Morgan fingerprint density at radius 2 is 2.12 bits per heavy atom. The van der Waals surface area contributed by atoms with E-state index >= 15 is 0 Å². The van der Waals surface area contributed by atoms with Crippen LogP contribution < -0.4 is 5.32 Å². The van der Waals surface area contributed by atoms with Gasteiger partial charge in [0.2, 0.25) is 0 Å². The van der Waals surface area contributed by atoms with Gasteiger partial charge in [-0.25, -0.2) is 0 Å². The second-order valence-electron chi connectivity index (χ2n) is 5.50. The SMILES string of the molecule is COCC(C)OC1CCC(CO)(NC(C)C)C1. The highest BCUT2D eigenvalue weighted by molar-refractivity contribution is 4.97. The average molecular weight is 245 g/mol. The predicted molar refractivity (Wildman–Crippen MR) is 68.2 cm³/mol. The number of nitrogens with one attached hydrogen (secondary N) is 1. The van der Waals surface area contributed by atoms with Gasteiger partial charge in [-0.15, -0.1) is 0 Å². The van der Waals surface area contributed by atoms with Gasteiger partial charge < -0.3 is 19.9 Å². The number of ether oxygens (including phenoxy) is 2. The van der Waals surface area contributed by atoms with Crippen LogP contribution in [0.3, 0.4) is 0 Å². The van der Waals surface area contributed by atoms with E-state index in [1.165, 1.54) is 0 Å². The van der Waals surface area contributed by atoms with Crippen LogP contribution in [0.1, 0.15) is 40.0 Å². The molecule has 0 amide bonds. The van der Waals surface area contributed by atoms with Gasteiger partial charge in [-0.2, -0.15) is 0 Å². The lowest BCUT2D eigenvalue weighted by Gasteiger charge is -2.31. The summed E-state index contributed by atoms with van der Waals surface area (Å²) < 4.78 is 11.0. The molecule has 1 aliphatic carbocycles. The fourth-order valence-electron chi connectivity index (χ4n) is 2.73. The molecule has 102 valence electrons. The van der Waals surface area contributed by atoms with Crippen LogP contribution in [-0.4, -0.2) is 49.2 Å². The van der Waals surface area contributed by atoms with Gasteiger partial charge in [0.05, 0.1) is 25.4 Å². The highest BCUT2D eigenvalue weighted by Crippen LogP contribution is 2.32. The molecule has 2 N–H and O–H groups in total. The van der Waals surface area contributed by atoms with Crippen molar-refractivity contribution in [2.24, 2.45) is 0 Å². The number of hydrogen-bond acceptors (Lipinski definition) is 4. The Bertz CT molecular complexity index is 223. The zero-order valence-corrected chi connectivity index (χ0v) is 11.5. The van der Waals surface area contributed by atoms with Gasteiger partial charge in [0.25, 0.3) is 0 Å². The largest absolute Gasteiger partial charge is 0.394 e. The number of methoxy groups -OCH3 is 1. The van der Waals surface area contributed by atoms with Crippen molar-refractivity contribution in [1.29, 1.82) is 0 Å². The summed E-state index contributed by atoms with van der Waals surface area (Å²) in [4.78, 5) is 0. The molecule has 1 aliphatic rings. The molecule has 1 saturated carbocycles. The Kier molecular flexibility index (Phi) is 5.86. The van der Waals surface area contributed by atoms with Crippen LogP contribution in [0.5, 0.6) is 0 Å². The lowest BCUT2D eigenvalue weighted by molar-refractivity contribution is -0.0396. The van der Waals surface area contributed by atoms with Crippen LogP contribution in [0.2, 0.25) is 0 Å². The molecule has 3 atom stereocenters. The smallest absolute Gasteiger partial charge is 0.0784 e. The van der Waals surface area contributed by atoms with Crippen molar-refractivity contribution in [3.05, 3.63) is 0 Å². The fourth-order valence-corrected chi connectivity index (χ4v) is 2.73. The molecule has 0 spiro atoms. The summed E-state index contributed by atoms with van der Waals surface area (Å²) in [6.45, 7) is 7.06. The molecule has 0 aromatic heterocycles. The molecule has 0 aromatic rings. The van der Waals surface area contributed by atoms with Crippen LogP contribution in [0.25, 0.3) is 0 Å². The maximum atomic E-state index is 9.58. The maximum Gasteiger partial charge on any atom is 0.0784 e. The van der Waals surface area contributed by atoms with Gasteiger partial charge in [-0.1, -0.05) is 13.8 Å². The Hall–Kier alpha value is -0.160. The minimum absolute atomic E-state index is 0.124.